The average Bonchev–Trinajstić information content (AvgIpc) is 3.06. The highest BCUT2D eigenvalue weighted by Gasteiger charge is 2.39. The van der Waals surface area contributed by atoms with Gasteiger partial charge in [0.25, 0.3) is 5.91 Å². The van der Waals surface area contributed by atoms with Gasteiger partial charge in [-0.05, 0) is 60.9 Å². The van der Waals surface area contributed by atoms with Gasteiger partial charge in [-0.3, -0.25) is 14.7 Å². The van der Waals surface area contributed by atoms with Gasteiger partial charge in [-0.25, -0.2) is 4.99 Å². The molecule has 1 aliphatic carbocycles. The maximum Gasteiger partial charge on any atom is 0.267 e. The van der Waals surface area contributed by atoms with E-state index in [1.54, 1.807) is 18.5 Å². The zero-order valence-electron chi connectivity index (χ0n) is 16.3. The number of aromatic nitrogens is 1. The second-order valence-corrected chi connectivity index (χ2v) is 8.75. The van der Waals surface area contributed by atoms with Gasteiger partial charge in [-0.1, -0.05) is 43.0 Å². The number of rotatable bonds is 3. The summed E-state index contributed by atoms with van der Waals surface area (Å²) in [5.74, 6) is 0.0279. The van der Waals surface area contributed by atoms with Gasteiger partial charge < -0.3 is 5.73 Å². The van der Waals surface area contributed by atoms with Crippen LogP contribution in [-0.2, 0) is 4.79 Å². The van der Waals surface area contributed by atoms with Crippen molar-refractivity contribution in [3.8, 4) is 0 Å². The number of carbonyl (C=O) groups is 1. The number of hydrogen-bond donors (Lipinski definition) is 1. The quantitative estimate of drug-likeness (QED) is 0.508. The Labute approximate surface area is 180 Å². The zero-order valence-corrected chi connectivity index (χ0v) is 17.8. The van der Waals surface area contributed by atoms with Crippen LogP contribution in [0.15, 0.2) is 52.6 Å². The molecule has 29 heavy (non-hydrogen) atoms. The maximum absolute atomic E-state index is 13.5. The second kappa shape index (κ2) is 8.59. The average molecular weight is 427 g/mol. The lowest BCUT2D eigenvalue weighted by Crippen LogP contribution is -2.40. The number of benzene rings is 1. The second-order valence-electron chi connectivity index (χ2n) is 7.37. The molecule has 2 N–H and O–H groups in total. The molecule has 150 valence electrons. The molecule has 7 heteroatoms. The minimum Gasteiger partial charge on any atom is -0.399 e. The van der Waals surface area contributed by atoms with Gasteiger partial charge in [-0.15, -0.1) is 0 Å². The van der Waals surface area contributed by atoms with Crippen LogP contribution in [0.1, 0.15) is 44.6 Å². The van der Waals surface area contributed by atoms with Crippen LogP contribution < -0.4 is 5.73 Å². The summed E-state index contributed by atoms with van der Waals surface area (Å²) in [5.41, 5.74) is 9.07. The number of halogens is 1. The van der Waals surface area contributed by atoms with Crippen molar-refractivity contribution in [3.05, 3.63) is 58.2 Å². The zero-order chi connectivity index (χ0) is 20.4. The van der Waals surface area contributed by atoms with Crippen molar-refractivity contribution < 1.29 is 4.79 Å². The molecular formula is C22H23ClN4OS. The highest BCUT2D eigenvalue weighted by Crippen LogP contribution is 2.41. The Balaban J connectivity index is 1.76. The number of nitrogen functional groups attached to an aromatic ring is 1. The molecule has 1 saturated carbocycles. The summed E-state index contributed by atoms with van der Waals surface area (Å²) in [6.07, 6.45) is 8.74. The van der Waals surface area contributed by atoms with Gasteiger partial charge in [0.15, 0.2) is 5.17 Å². The Kier molecular flexibility index (Phi) is 5.92. The standard InChI is InChI=1S/C22H23ClN4OS/c1-14(15-7-9-16(24)10-8-15)20-21(28)27(17-5-3-2-4-6-17)22(29-20)26-19-11-12-25-13-18(19)23/h7-13,17H,2-6,24H2,1H3/b20-14-,26-22?. The van der Waals surface area contributed by atoms with Crippen LogP contribution in [0.3, 0.4) is 0 Å². The fraction of sp³-hybridized carbons (Fsp3) is 0.318. The van der Waals surface area contributed by atoms with Crippen LogP contribution in [0, 0.1) is 0 Å². The van der Waals surface area contributed by atoms with Gasteiger partial charge in [0.2, 0.25) is 0 Å². The highest BCUT2D eigenvalue weighted by molar-refractivity contribution is 8.18. The summed E-state index contributed by atoms with van der Waals surface area (Å²) in [6, 6.07) is 9.56. The van der Waals surface area contributed by atoms with E-state index in [0.29, 0.717) is 26.5 Å². The van der Waals surface area contributed by atoms with E-state index in [1.807, 2.05) is 36.1 Å². The molecule has 0 radical (unpaired) electrons. The van der Waals surface area contributed by atoms with Crippen LogP contribution >= 0.6 is 23.4 Å². The van der Waals surface area contributed by atoms with Crippen LogP contribution in [-0.4, -0.2) is 27.0 Å². The Hall–Kier alpha value is -2.31. The van der Waals surface area contributed by atoms with E-state index >= 15 is 0 Å². The number of nitrogens with two attached hydrogens (primary N) is 1. The molecule has 5 nitrogen and oxygen atoms in total. The molecule has 0 bridgehead atoms. The molecule has 2 aromatic rings. The molecule has 1 aromatic carbocycles. The first-order chi connectivity index (χ1) is 14.0. The molecule has 1 saturated heterocycles. The van der Waals surface area contributed by atoms with Gasteiger partial charge in [-0.2, -0.15) is 0 Å². The smallest absolute Gasteiger partial charge is 0.267 e. The van der Waals surface area contributed by atoms with Crippen molar-refractivity contribution in [3.63, 3.8) is 0 Å². The number of amidine groups is 1. The van der Waals surface area contributed by atoms with E-state index in [0.717, 1.165) is 36.8 Å². The van der Waals surface area contributed by atoms with Crippen molar-refractivity contribution >= 4 is 51.4 Å². The third kappa shape index (κ3) is 4.19. The first kappa shape index (κ1) is 20.0. The summed E-state index contributed by atoms with van der Waals surface area (Å²) in [6.45, 7) is 1.98. The van der Waals surface area contributed by atoms with Gasteiger partial charge in [0.1, 0.15) is 0 Å². The summed E-state index contributed by atoms with van der Waals surface area (Å²) in [4.78, 5) is 24.9. The molecule has 2 heterocycles. The van der Waals surface area contributed by atoms with Crippen molar-refractivity contribution in [2.75, 3.05) is 5.73 Å². The fourth-order valence-electron chi connectivity index (χ4n) is 3.78. The molecule has 2 fully saturated rings. The number of pyridine rings is 1. The summed E-state index contributed by atoms with van der Waals surface area (Å²) in [5, 5.41) is 1.17. The first-order valence-corrected chi connectivity index (χ1v) is 11.0. The van der Waals surface area contributed by atoms with Crippen LogP contribution in [0.4, 0.5) is 11.4 Å². The number of hydrogen-bond acceptors (Lipinski definition) is 5. The van der Waals surface area contributed by atoms with E-state index < -0.39 is 0 Å². The summed E-state index contributed by atoms with van der Waals surface area (Å²) >= 11 is 7.70. The lowest BCUT2D eigenvalue weighted by Gasteiger charge is -2.30. The maximum atomic E-state index is 13.5. The van der Waals surface area contributed by atoms with Crippen molar-refractivity contribution in [1.82, 2.24) is 9.88 Å². The monoisotopic (exact) mass is 426 g/mol. The normalized spacial score (nSPS) is 21.1. The number of thioether (sulfide) groups is 1. The van der Waals surface area contributed by atoms with Gasteiger partial charge in [0.05, 0.1) is 15.6 Å². The van der Waals surface area contributed by atoms with Crippen LogP contribution in [0.5, 0.6) is 0 Å². The number of carbonyl (C=O) groups excluding carboxylic acids is 1. The number of allylic oxidation sites excluding steroid dienone is 1. The van der Waals surface area contributed by atoms with E-state index in [-0.39, 0.29) is 11.9 Å². The van der Waals surface area contributed by atoms with E-state index in [2.05, 4.69) is 4.98 Å². The lowest BCUT2D eigenvalue weighted by molar-refractivity contribution is -0.124. The van der Waals surface area contributed by atoms with E-state index in [4.69, 9.17) is 22.3 Å². The number of nitrogens with zero attached hydrogens (tertiary/aromatic N) is 3. The number of amides is 1. The first-order valence-electron chi connectivity index (χ1n) is 9.81. The molecule has 4 rings (SSSR count). The van der Waals surface area contributed by atoms with Crippen LogP contribution in [0.25, 0.3) is 5.57 Å². The third-order valence-corrected chi connectivity index (χ3v) is 6.85. The Morgan fingerprint density at radius 2 is 1.93 bits per heavy atom. The molecule has 2 aliphatic rings. The molecule has 1 amide bonds. The molecule has 0 atom stereocenters. The van der Waals surface area contributed by atoms with Crippen LogP contribution in [0.2, 0.25) is 5.02 Å². The van der Waals surface area contributed by atoms with E-state index in [1.165, 1.54) is 18.2 Å². The highest BCUT2D eigenvalue weighted by atomic mass is 35.5. The molecule has 1 aliphatic heterocycles. The minimum atomic E-state index is 0.0279. The largest absolute Gasteiger partial charge is 0.399 e. The van der Waals surface area contributed by atoms with E-state index in [9.17, 15) is 4.79 Å². The summed E-state index contributed by atoms with van der Waals surface area (Å²) < 4.78 is 0. The predicted molar refractivity (Wildman–Crippen MR) is 121 cm³/mol. The number of anilines is 1. The minimum absolute atomic E-state index is 0.0279. The third-order valence-electron chi connectivity index (χ3n) is 5.40. The summed E-state index contributed by atoms with van der Waals surface area (Å²) in [7, 11) is 0. The SMILES string of the molecule is C/C(=C1/SC(=Nc2ccncc2Cl)N(C2CCCCC2)C1=O)c1ccc(N)cc1. The Morgan fingerprint density at radius 3 is 2.62 bits per heavy atom. The Morgan fingerprint density at radius 1 is 1.21 bits per heavy atom. The van der Waals surface area contributed by atoms with Crippen molar-refractivity contribution in [2.45, 2.75) is 45.1 Å². The molecule has 0 spiro atoms. The number of aliphatic imine (C=N–C) groups is 1. The van der Waals surface area contributed by atoms with Crippen molar-refractivity contribution in [1.29, 1.82) is 0 Å². The van der Waals surface area contributed by atoms with Gasteiger partial charge in [0, 0.05) is 24.1 Å². The Bertz CT molecular complexity index is 981. The molecular weight excluding hydrogens is 404 g/mol. The fourth-order valence-corrected chi connectivity index (χ4v) is 5.06. The molecule has 1 aromatic heterocycles. The lowest BCUT2D eigenvalue weighted by atomic mass is 9.94. The molecule has 0 unspecified atom stereocenters. The van der Waals surface area contributed by atoms with Gasteiger partial charge >= 0.3 is 0 Å². The topological polar surface area (TPSA) is 71.6 Å². The predicted octanol–water partition coefficient (Wildman–Crippen LogP) is 5.64. The van der Waals surface area contributed by atoms with Crippen molar-refractivity contribution in [2.24, 2.45) is 4.99 Å².